The van der Waals surface area contributed by atoms with Gasteiger partial charge in [-0.05, 0) is 31.0 Å². The maximum absolute atomic E-state index is 12.6. The van der Waals surface area contributed by atoms with Gasteiger partial charge in [0.25, 0.3) is 0 Å². The molecule has 1 fully saturated rings. The fraction of sp³-hybridized carbons (Fsp3) is 0.333. The Labute approximate surface area is 136 Å². The minimum Gasteiger partial charge on any atom is -0.320 e. The molecule has 0 saturated carbocycles. The van der Waals surface area contributed by atoms with Gasteiger partial charge in [-0.1, -0.05) is 28.1 Å². The van der Waals surface area contributed by atoms with Gasteiger partial charge in [0.1, 0.15) is 0 Å². The van der Waals surface area contributed by atoms with Crippen LogP contribution in [0.25, 0.3) is 0 Å². The van der Waals surface area contributed by atoms with E-state index in [1.54, 1.807) is 4.90 Å². The lowest BCUT2D eigenvalue weighted by molar-refractivity contribution is 0.192. The Kier molecular flexibility index (Phi) is 4.26. The molecule has 110 valence electrons. The molecule has 1 aliphatic heterocycles. The summed E-state index contributed by atoms with van der Waals surface area (Å²) in [5.74, 6) is 0. The zero-order valence-corrected chi connectivity index (χ0v) is 14.2. The van der Waals surface area contributed by atoms with Crippen LogP contribution in [0.1, 0.15) is 17.7 Å². The zero-order valence-electron chi connectivity index (χ0n) is 11.8. The standard InChI is InChI=1S/C15H16BrN3OS/c1-11-10-21-14(17-11)19-7-3-6-18(15(19)20)9-12-4-2-5-13(16)8-12/h2,4-5,8,10H,3,6-7,9H2,1H3. The summed E-state index contributed by atoms with van der Waals surface area (Å²) < 4.78 is 1.04. The summed E-state index contributed by atoms with van der Waals surface area (Å²) >= 11 is 5.00. The Morgan fingerprint density at radius 2 is 2.24 bits per heavy atom. The Balaban J connectivity index is 1.76. The molecule has 0 spiro atoms. The topological polar surface area (TPSA) is 36.4 Å². The van der Waals surface area contributed by atoms with Crippen LogP contribution in [0.3, 0.4) is 0 Å². The Bertz CT molecular complexity index is 658. The van der Waals surface area contributed by atoms with Crippen molar-refractivity contribution in [3.63, 3.8) is 0 Å². The molecular formula is C15H16BrN3OS. The highest BCUT2D eigenvalue weighted by Crippen LogP contribution is 2.25. The second-order valence-corrected chi connectivity index (χ2v) is 6.86. The molecule has 0 aliphatic carbocycles. The van der Waals surface area contributed by atoms with Gasteiger partial charge in [0, 0.05) is 29.5 Å². The van der Waals surface area contributed by atoms with Gasteiger partial charge in [-0.25, -0.2) is 9.78 Å². The van der Waals surface area contributed by atoms with Gasteiger partial charge in [-0.2, -0.15) is 0 Å². The average molecular weight is 366 g/mol. The Morgan fingerprint density at radius 3 is 2.95 bits per heavy atom. The number of nitrogens with zero attached hydrogens (tertiary/aromatic N) is 3. The van der Waals surface area contributed by atoms with Crippen molar-refractivity contribution in [3.8, 4) is 0 Å². The van der Waals surface area contributed by atoms with E-state index < -0.39 is 0 Å². The zero-order chi connectivity index (χ0) is 14.8. The van der Waals surface area contributed by atoms with Crippen molar-refractivity contribution >= 4 is 38.4 Å². The number of thiazole rings is 1. The fourth-order valence-electron chi connectivity index (χ4n) is 2.43. The van der Waals surface area contributed by atoms with Crippen LogP contribution in [0.5, 0.6) is 0 Å². The Hall–Kier alpha value is -1.40. The molecular weight excluding hydrogens is 350 g/mol. The number of amides is 2. The first-order valence-electron chi connectivity index (χ1n) is 6.86. The molecule has 0 bridgehead atoms. The molecule has 3 rings (SSSR count). The number of hydrogen-bond donors (Lipinski definition) is 0. The van der Waals surface area contributed by atoms with E-state index in [4.69, 9.17) is 0 Å². The molecule has 21 heavy (non-hydrogen) atoms. The number of hydrogen-bond acceptors (Lipinski definition) is 3. The summed E-state index contributed by atoms with van der Waals surface area (Å²) in [5, 5.41) is 2.78. The second kappa shape index (κ2) is 6.15. The van der Waals surface area contributed by atoms with Crippen LogP contribution in [0.4, 0.5) is 9.93 Å². The summed E-state index contributed by atoms with van der Waals surface area (Å²) in [7, 11) is 0. The summed E-state index contributed by atoms with van der Waals surface area (Å²) in [6, 6.07) is 8.14. The van der Waals surface area contributed by atoms with Crippen LogP contribution in [-0.2, 0) is 6.54 Å². The van der Waals surface area contributed by atoms with Crippen molar-refractivity contribution in [1.82, 2.24) is 9.88 Å². The molecule has 2 amide bonds. The molecule has 0 radical (unpaired) electrons. The van der Waals surface area contributed by atoms with E-state index in [-0.39, 0.29) is 6.03 Å². The van der Waals surface area contributed by atoms with Gasteiger partial charge in [-0.15, -0.1) is 11.3 Å². The maximum Gasteiger partial charge on any atom is 0.326 e. The highest BCUT2D eigenvalue weighted by atomic mass is 79.9. The van der Waals surface area contributed by atoms with Gasteiger partial charge in [0.05, 0.1) is 5.69 Å². The van der Waals surface area contributed by atoms with E-state index in [0.29, 0.717) is 6.54 Å². The van der Waals surface area contributed by atoms with Crippen molar-refractivity contribution in [2.24, 2.45) is 0 Å². The first-order chi connectivity index (χ1) is 10.1. The quantitative estimate of drug-likeness (QED) is 0.822. The summed E-state index contributed by atoms with van der Waals surface area (Å²) in [4.78, 5) is 20.7. The predicted octanol–water partition coefficient (Wildman–Crippen LogP) is 4.05. The number of rotatable bonds is 3. The van der Waals surface area contributed by atoms with E-state index in [0.717, 1.165) is 40.4 Å². The van der Waals surface area contributed by atoms with Crippen molar-refractivity contribution in [3.05, 3.63) is 45.4 Å². The molecule has 4 nitrogen and oxygen atoms in total. The molecule has 6 heteroatoms. The third-order valence-corrected chi connectivity index (χ3v) is 4.89. The molecule has 0 atom stereocenters. The van der Waals surface area contributed by atoms with Crippen molar-refractivity contribution < 1.29 is 4.79 Å². The van der Waals surface area contributed by atoms with Crippen molar-refractivity contribution in [1.29, 1.82) is 0 Å². The first-order valence-corrected chi connectivity index (χ1v) is 8.54. The van der Waals surface area contributed by atoms with Crippen molar-refractivity contribution in [2.75, 3.05) is 18.0 Å². The van der Waals surface area contributed by atoms with Gasteiger partial charge < -0.3 is 4.90 Å². The lowest BCUT2D eigenvalue weighted by Gasteiger charge is -2.34. The maximum atomic E-state index is 12.6. The molecule has 1 aromatic heterocycles. The SMILES string of the molecule is Cc1csc(N2CCCN(Cc3cccc(Br)c3)C2=O)n1. The van der Waals surface area contributed by atoms with E-state index in [9.17, 15) is 4.79 Å². The molecule has 0 unspecified atom stereocenters. The minimum atomic E-state index is 0.0515. The monoisotopic (exact) mass is 365 g/mol. The van der Waals surface area contributed by atoms with E-state index in [1.807, 2.05) is 35.4 Å². The summed E-state index contributed by atoms with van der Waals surface area (Å²) in [6.07, 6.45) is 0.971. The second-order valence-electron chi connectivity index (χ2n) is 5.11. The fourth-order valence-corrected chi connectivity index (χ4v) is 3.70. The third kappa shape index (κ3) is 3.27. The molecule has 1 aromatic carbocycles. The lowest BCUT2D eigenvalue weighted by atomic mass is 10.2. The summed E-state index contributed by atoms with van der Waals surface area (Å²) in [5.41, 5.74) is 2.10. The van der Waals surface area contributed by atoms with Crippen LogP contribution in [0.2, 0.25) is 0 Å². The van der Waals surface area contributed by atoms with Crippen molar-refractivity contribution in [2.45, 2.75) is 19.9 Å². The smallest absolute Gasteiger partial charge is 0.320 e. The van der Waals surface area contributed by atoms with Crippen LogP contribution in [0.15, 0.2) is 34.1 Å². The van der Waals surface area contributed by atoms with Crippen LogP contribution in [-0.4, -0.2) is 29.0 Å². The third-order valence-electron chi connectivity index (χ3n) is 3.41. The molecule has 0 N–H and O–H groups in total. The van der Waals surface area contributed by atoms with E-state index in [1.165, 1.54) is 11.3 Å². The largest absolute Gasteiger partial charge is 0.326 e. The van der Waals surface area contributed by atoms with Gasteiger partial charge >= 0.3 is 6.03 Å². The number of halogens is 1. The number of benzene rings is 1. The number of urea groups is 1. The number of carbonyl (C=O) groups is 1. The number of aromatic nitrogens is 1. The molecule has 2 heterocycles. The summed E-state index contributed by atoms with van der Waals surface area (Å²) in [6.45, 7) is 4.14. The van der Waals surface area contributed by atoms with Crippen LogP contribution in [0, 0.1) is 6.92 Å². The van der Waals surface area contributed by atoms with Crippen LogP contribution < -0.4 is 4.90 Å². The highest BCUT2D eigenvalue weighted by Gasteiger charge is 2.28. The molecule has 2 aromatic rings. The average Bonchev–Trinajstić information content (AvgIpc) is 2.88. The highest BCUT2D eigenvalue weighted by molar-refractivity contribution is 9.10. The normalized spacial score (nSPS) is 15.6. The lowest BCUT2D eigenvalue weighted by Crippen LogP contribution is -2.49. The molecule has 1 aliphatic rings. The van der Waals surface area contributed by atoms with Crippen LogP contribution >= 0.6 is 27.3 Å². The predicted molar refractivity (Wildman–Crippen MR) is 88.8 cm³/mol. The first kappa shape index (κ1) is 14.5. The Morgan fingerprint density at radius 1 is 1.38 bits per heavy atom. The van der Waals surface area contributed by atoms with Gasteiger partial charge in [0.15, 0.2) is 5.13 Å². The van der Waals surface area contributed by atoms with Gasteiger partial charge in [-0.3, -0.25) is 4.90 Å². The number of anilines is 1. The van der Waals surface area contributed by atoms with Gasteiger partial charge in [0.2, 0.25) is 0 Å². The van der Waals surface area contributed by atoms with E-state index in [2.05, 4.69) is 27.0 Å². The molecule has 1 saturated heterocycles. The minimum absolute atomic E-state index is 0.0515. The number of aryl methyl sites for hydroxylation is 1. The number of carbonyl (C=O) groups excluding carboxylic acids is 1. The van der Waals surface area contributed by atoms with E-state index >= 15 is 0 Å².